The lowest BCUT2D eigenvalue weighted by Crippen LogP contribution is -2.11. The molecule has 0 saturated heterocycles. The van der Waals surface area contributed by atoms with Crippen molar-refractivity contribution < 1.29 is 18.5 Å². The van der Waals surface area contributed by atoms with E-state index in [-0.39, 0.29) is 17.3 Å². The van der Waals surface area contributed by atoms with Crippen LogP contribution in [0.3, 0.4) is 0 Å². The summed E-state index contributed by atoms with van der Waals surface area (Å²) in [6.45, 7) is 0.356. The van der Waals surface area contributed by atoms with E-state index in [2.05, 4.69) is 15.6 Å². The van der Waals surface area contributed by atoms with Gasteiger partial charge in [-0.3, -0.25) is 14.3 Å². The summed E-state index contributed by atoms with van der Waals surface area (Å²) in [6.07, 6.45) is 5.95. The summed E-state index contributed by atoms with van der Waals surface area (Å²) in [4.78, 5) is 25.9. The summed E-state index contributed by atoms with van der Waals surface area (Å²) in [7, 11) is 3.55. The quantitative estimate of drug-likeness (QED) is 0.498. The number of carbonyl (C=O) groups is 2. The number of rotatable bonds is 7. The molecule has 1 amide bonds. The average Bonchev–Trinajstić information content (AvgIpc) is 3.29. The minimum atomic E-state index is -0.537. The fourth-order valence-corrected chi connectivity index (χ4v) is 2.33. The number of carbonyl (C=O) groups excluding carboxylic acids is 2. The molecule has 8 nitrogen and oxygen atoms in total. The van der Waals surface area contributed by atoms with Gasteiger partial charge in [-0.05, 0) is 17.7 Å². The van der Waals surface area contributed by atoms with Crippen LogP contribution in [0.1, 0.15) is 26.6 Å². The van der Waals surface area contributed by atoms with Crippen molar-refractivity contribution in [3.8, 4) is 0 Å². The number of allylic oxidation sites excluding steroid dienone is 1. The van der Waals surface area contributed by atoms with E-state index in [9.17, 15) is 14.0 Å². The lowest BCUT2D eigenvalue weighted by Gasteiger charge is -2.02. The molecule has 28 heavy (non-hydrogen) atoms. The summed E-state index contributed by atoms with van der Waals surface area (Å²) in [6, 6.07) is 7.45. The zero-order valence-corrected chi connectivity index (χ0v) is 15.3. The number of hydrogen-bond donors (Lipinski definition) is 1. The van der Waals surface area contributed by atoms with Crippen molar-refractivity contribution >= 4 is 17.4 Å². The molecule has 0 spiro atoms. The lowest BCUT2D eigenvalue weighted by molar-refractivity contribution is 0.0994. The van der Waals surface area contributed by atoms with Gasteiger partial charge in [0.05, 0.1) is 18.4 Å². The Morgan fingerprint density at radius 1 is 1.32 bits per heavy atom. The highest BCUT2D eigenvalue weighted by molar-refractivity contribution is 6.06. The molecule has 0 bridgehead atoms. The van der Waals surface area contributed by atoms with Crippen LogP contribution in [0.2, 0.25) is 0 Å². The maximum Gasteiger partial charge on any atom is 0.277 e. The molecule has 0 radical (unpaired) electrons. The van der Waals surface area contributed by atoms with E-state index in [0.29, 0.717) is 12.2 Å². The van der Waals surface area contributed by atoms with Gasteiger partial charge in [0.25, 0.3) is 5.91 Å². The molecule has 0 aliphatic carbocycles. The van der Waals surface area contributed by atoms with Crippen molar-refractivity contribution in [1.29, 1.82) is 0 Å². The number of halogens is 1. The van der Waals surface area contributed by atoms with Crippen molar-refractivity contribution in [2.24, 2.45) is 0 Å². The van der Waals surface area contributed by atoms with Crippen molar-refractivity contribution in [3.63, 3.8) is 0 Å². The highest BCUT2D eigenvalue weighted by atomic mass is 19.1. The number of aromatic nitrogens is 3. The first kappa shape index (κ1) is 19.0. The van der Waals surface area contributed by atoms with E-state index in [0.717, 1.165) is 5.56 Å². The monoisotopic (exact) mass is 383 g/mol. The number of amides is 1. The summed E-state index contributed by atoms with van der Waals surface area (Å²) in [5, 5.41) is 10.4. The average molecular weight is 383 g/mol. The van der Waals surface area contributed by atoms with Gasteiger partial charge in [-0.15, -0.1) is 0 Å². The van der Waals surface area contributed by atoms with Gasteiger partial charge in [0, 0.05) is 38.6 Å². The van der Waals surface area contributed by atoms with Gasteiger partial charge in [-0.2, -0.15) is 5.10 Å². The Balaban J connectivity index is 1.62. The third-order valence-electron chi connectivity index (χ3n) is 3.63. The number of ketones is 1. The maximum atomic E-state index is 13.2. The number of nitrogens with one attached hydrogen (secondary N) is 1. The first-order chi connectivity index (χ1) is 13.4. The first-order valence-electron chi connectivity index (χ1n) is 8.34. The van der Waals surface area contributed by atoms with Gasteiger partial charge < -0.3 is 14.7 Å². The van der Waals surface area contributed by atoms with Crippen LogP contribution < -0.4 is 5.32 Å². The molecule has 2 heterocycles. The molecule has 0 atom stereocenters. The number of hydrogen-bond acceptors (Lipinski definition) is 6. The Kier molecular flexibility index (Phi) is 5.64. The number of nitrogens with zero attached hydrogens (tertiary/aromatic N) is 4. The highest BCUT2D eigenvalue weighted by Gasteiger charge is 2.16. The van der Waals surface area contributed by atoms with Gasteiger partial charge in [0.15, 0.2) is 5.69 Å². The Morgan fingerprint density at radius 2 is 2.14 bits per heavy atom. The molecule has 0 fully saturated rings. The largest absolute Gasteiger partial charge is 0.383 e. The third-order valence-corrected chi connectivity index (χ3v) is 3.63. The minimum absolute atomic E-state index is 0.0283. The molecule has 0 aliphatic rings. The second-order valence-corrected chi connectivity index (χ2v) is 6.23. The molecule has 9 heteroatoms. The molecule has 144 valence electrons. The standard InChI is InChI=1S/C19H18FN5O3/c1-24(2)7-6-17(26)18-9-16(23-28-18)19(27)22-15-10-21-25(12-15)11-13-4-3-5-14(20)8-13/h3-10,12H,11H2,1-2H3,(H,22,27)/b7-6-. The van der Waals surface area contributed by atoms with E-state index in [1.807, 2.05) is 0 Å². The molecule has 3 rings (SSSR count). The van der Waals surface area contributed by atoms with Crippen molar-refractivity contribution in [1.82, 2.24) is 19.8 Å². The molecule has 0 saturated carbocycles. The number of benzene rings is 1. The second-order valence-electron chi connectivity index (χ2n) is 6.23. The lowest BCUT2D eigenvalue weighted by atomic mass is 10.2. The normalized spacial score (nSPS) is 11.0. The molecule has 0 aliphatic heterocycles. The predicted molar refractivity (Wildman–Crippen MR) is 99.3 cm³/mol. The second kappa shape index (κ2) is 8.30. The molecule has 1 N–H and O–H groups in total. The summed E-state index contributed by atoms with van der Waals surface area (Å²) in [5.41, 5.74) is 1.15. The zero-order valence-electron chi connectivity index (χ0n) is 15.3. The van der Waals surface area contributed by atoms with Crippen LogP contribution in [0.25, 0.3) is 0 Å². The van der Waals surface area contributed by atoms with Gasteiger partial charge in [-0.25, -0.2) is 4.39 Å². The smallest absolute Gasteiger partial charge is 0.277 e. The molecule has 0 unspecified atom stereocenters. The molecule has 3 aromatic rings. The topological polar surface area (TPSA) is 93.3 Å². The molecule has 1 aromatic carbocycles. The fraction of sp³-hybridized carbons (Fsp3) is 0.158. The summed E-state index contributed by atoms with van der Waals surface area (Å²) >= 11 is 0. The number of anilines is 1. The van der Waals surface area contributed by atoms with Crippen LogP contribution in [0.15, 0.2) is 59.5 Å². The van der Waals surface area contributed by atoms with Crippen LogP contribution in [0, 0.1) is 5.82 Å². The Bertz CT molecular complexity index is 1020. The Hall–Kier alpha value is -3.75. The van der Waals surface area contributed by atoms with E-state index in [4.69, 9.17) is 4.52 Å². The van der Waals surface area contributed by atoms with Crippen molar-refractivity contribution in [2.45, 2.75) is 6.54 Å². The van der Waals surface area contributed by atoms with Crippen LogP contribution in [-0.2, 0) is 6.54 Å². The van der Waals surface area contributed by atoms with Crippen molar-refractivity contribution in [2.75, 3.05) is 19.4 Å². The highest BCUT2D eigenvalue weighted by Crippen LogP contribution is 2.12. The maximum absolute atomic E-state index is 13.2. The first-order valence-corrected chi connectivity index (χ1v) is 8.34. The van der Waals surface area contributed by atoms with Crippen LogP contribution in [0.5, 0.6) is 0 Å². The van der Waals surface area contributed by atoms with Crippen LogP contribution in [-0.4, -0.2) is 45.6 Å². The minimum Gasteiger partial charge on any atom is -0.383 e. The molecule has 2 aromatic heterocycles. The van der Waals surface area contributed by atoms with Crippen molar-refractivity contribution in [3.05, 3.63) is 77.8 Å². The van der Waals surface area contributed by atoms with Gasteiger partial charge in [0.2, 0.25) is 11.5 Å². The predicted octanol–water partition coefficient (Wildman–Crippen LogP) is 2.57. The van der Waals surface area contributed by atoms with E-state index < -0.39 is 11.7 Å². The third kappa shape index (κ3) is 4.91. The van der Waals surface area contributed by atoms with Crippen LogP contribution >= 0.6 is 0 Å². The van der Waals surface area contributed by atoms with Gasteiger partial charge in [-0.1, -0.05) is 17.3 Å². The Labute approximate surface area is 160 Å². The summed E-state index contributed by atoms with van der Waals surface area (Å²) in [5.74, 6) is -1.30. The van der Waals surface area contributed by atoms with Gasteiger partial charge in [0.1, 0.15) is 5.82 Å². The van der Waals surface area contributed by atoms with Crippen LogP contribution in [0.4, 0.5) is 10.1 Å². The Morgan fingerprint density at radius 3 is 2.89 bits per heavy atom. The molecular formula is C19H18FN5O3. The fourth-order valence-electron chi connectivity index (χ4n) is 2.33. The van der Waals surface area contributed by atoms with Gasteiger partial charge >= 0.3 is 0 Å². The van der Waals surface area contributed by atoms with E-state index in [1.165, 1.54) is 30.5 Å². The SMILES string of the molecule is CN(C)/C=C\C(=O)c1cc(C(=O)Nc2cnn(Cc3cccc(F)c3)c2)no1. The zero-order chi connectivity index (χ0) is 20.1. The summed E-state index contributed by atoms with van der Waals surface area (Å²) < 4.78 is 19.7. The van der Waals surface area contributed by atoms with E-state index >= 15 is 0 Å². The van der Waals surface area contributed by atoms with E-state index in [1.54, 1.807) is 48.2 Å². The molecular weight excluding hydrogens is 365 g/mol.